The van der Waals surface area contributed by atoms with Crippen LogP contribution in [0.15, 0.2) is 28.4 Å². The van der Waals surface area contributed by atoms with Crippen molar-refractivity contribution in [3.63, 3.8) is 0 Å². The highest BCUT2D eigenvalue weighted by molar-refractivity contribution is 8.13. The second-order valence-electron chi connectivity index (χ2n) is 2.52. The molecule has 1 aromatic rings. The zero-order valence-electron chi connectivity index (χ0n) is 7.95. The second-order valence-corrected chi connectivity index (χ2v) is 3.76. The van der Waals surface area contributed by atoms with Crippen LogP contribution < -0.4 is 5.73 Å². The van der Waals surface area contributed by atoms with Crippen molar-refractivity contribution in [3.8, 4) is 0 Å². The third-order valence-corrected chi connectivity index (χ3v) is 2.38. The van der Waals surface area contributed by atoms with Gasteiger partial charge in [0.1, 0.15) is 5.82 Å². The van der Waals surface area contributed by atoms with Gasteiger partial charge in [-0.25, -0.2) is 4.39 Å². The molecule has 3 nitrogen and oxygen atoms in total. The van der Waals surface area contributed by atoms with Crippen molar-refractivity contribution in [2.24, 2.45) is 15.9 Å². The Morgan fingerprint density at radius 1 is 1.60 bits per heavy atom. The van der Waals surface area contributed by atoms with E-state index in [1.54, 1.807) is 12.3 Å². The lowest BCUT2D eigenvalue weighted by atomic mass is 10.2. The maximum Gasteiger partial charge on any atom is 0.180 e. The Bertz CT molecular complexity index is 386. The van der Waals surface area contributed by atoms with Gasteiger partial charge in [0.2, 0.25) is 0 Å². The van der Waals surface area contributed by atoms with E-state index in [4.69, 9.17) is 17.3 Å². The van der Waals surface area contributed by atoms with Crippen molar-refractivity contribution >= 4 is 34.7 Å². The third-order valence-electron chi connectivity index (χ3n) is 1.55. The zero-order valence-corrected chi connectivity index (χ0v) is 9.52. The first-order chi connectivity index (χ1) is 7.15. The van der Waals surface area contributed by atoms with Crippen LogP contribution in [0.4, 0.5) is 4.39 Å². The first-order valence-corrected chi connectivity index (χ1v) is 5.60. The second kappa shape index (κ2) is 5.72. The number of thioether (sulfide) groups is 1. The highest BCUT2D eigenvalue weighted by Gasteiger charge is 2.02. The molecule has 0 bridgehead atoms. The van der Waals surface area contributed by atoms with Crippen molar-refractivity contribution in [1.29, 1.82) is 0 Å². The normalized spacial score (nSPS) is 12.3. The van der Waals surface area contributed by atoms with Gasteiger partial charge in [0.15, 0.2) is 5.17 Å². The summed E-state index contributed by atoms with van der Waals surface area (Å²) in [6.07, 6.45) is 3.01. The molecule has 0 saturated carbocycles. The van der Waals surface area contributed by atoms with E-state index in [1.165, 1.54) is 30.1 Å². The minimum Gasteiger partial charge on any atom is -0.377 e. The molecule has 0 fully saturated rings. The lowest BCUT2D eigenvalue weighted by molar-refractivity contribution is 0.626. The Balaban J connectivity index is 2.90. The summed E-state index contributed by atoms with van der Waals surface area (Å²) < 4.78 is 13.2. The van der Waals surface area contributed by atoms with Crippen LogP contribution in [-0.4, -0.2) is 17.6 Å². The molecule has 1 aromatic carbocycles. The minimum absolute atomic E-state index is 0.205. The predicted octanol–water partition coefficient (Wildman–Crippen LogP) is 2.49. The topological polar surface area (TPSA) is 50.7 Å². The maximum atomic E-state index is 13.2. The van der Waals surface area contributed by atoms with Gasteiger partial charge >= 0.3 is 0 Å². The molecule has 0 unspecified atom stereocenters. The molecule has 0 aliphatic heterocycles. The Morgan fingerprint density at radius 3 is 2.93 bits per heavy atom. The van der Waals surface area contributed by atoms with Crippen LogP contribution in [0.25, 0.3) is 0 Å². The van der Waals surface area contributed by atoms with Crippen molar-refractivity contribution < 1.29 is 4.39 Å². The summed E-state index contributed by atoms with van der Waals surface area (Å²) in [6, 6.07) is 4.40. The van der Waals surface area contributed by atoms with E-state index in [1.807, 2.05) is 0 Å². The molecule has 0 radical (unpaired) electrons. The van der Waals surface area contributed by atoms with Crippen molar-refractivity contribution in [2.45, 2.75) is 0 Å². The molecule has 0 aromatic heterocycles. The molecule has 6 heteroatoms. The van der Waals surface area contributed by atoms with E-state index < -0.39 is 5.82 Å². The molecule has 0 heterocycles. The SMILES string of the molecule is CS/C(N)=N/N=C/c1c(F)cccc1Cl. The number of rotatable bonds is 2. The molecule has 0 spiro atoms. The van der Waals surface area contributed by atoms with E-state index >= 15 is 0 Å². The van der Waals surface area contributed by atoms with Crippen LogP contribution in [0.2, 0.25) is 5.02 Å². The summed E-state index contributed by atoms with van der Waals surface area (Å²) in [6.45, 7) is 0. The first kappa shape index (κ1) is 12.0. The number of halogens is 2. The molecule has 2 N–H and O–H groups in total. The Morgan fingerprint density at radius 2 is 2.33 bits per heavy atom. The largest absolute Gasteiger partial charge is 0.377 e. The molecule has 1 rings (SSSR count). The highest BCUT2D eigenvalue weighted by atomic mass is 35.5. The fourth-order valence-electron chi connectivity index (χ4n) is 0.818. The lowest BCUT2D eigenvalue weighted by Gasteiger charge is -1.97. The minimum atomic E-state index is -0.441. The Labute approximate surface area is 96.2 Å². The van der Waals surface area contributed by atoms with Gasteiger partial charge in [-0.1, -0.05) is 29.4 Å². The fourth-order valence-corrected chi connectivity index (χ4v) is 1.16. The molecule has 0 aliphatic rings. The Kier molecular flexibility index (Phi) is 4.58. The van der Waals surface area contributed by atoms with Gasteiger partial charge in [0, 0.05) is 5.56 Å². The Hall–Kier alpha value is -1.07. The molecule has 80 valence electrons. The van der Waals surface area contributed by atoms with E-state index in [0.717, 1.165) is 0 Å². The van der Waals surface area contributed by atoms with E-state index in [-0.39, 0.29) is 10.6 Å². The molecule has 0 atom stereocenters. The summed E-state index contributed by atoms with van der Waals surface area (Å²) in [4.78, 5) is 0. The molecule has 0 aliphatic carbocycles. The zero-order chi connectivity index (χ0) is 11.3. The smallest absolute Gasteiger partial charge is 0.180 e. The van der Waals surface area contributed by atoms with Gasteiger partial charge in [0.05, 0.1) is 11.2 Å². The number of hydrogen-bond donors (Lipinski definition) is 1. The van der Waals surface area contributed by atoms with Gasteiger partial charge in [-0.3, -0.25) is 0 Å². The predicted molar refractivity (Wildman–Crippen MR) is 64.1 cm³/mol. The van der Waals surface area contributed by atoms with E-state index in [0.29, 0.717) is 5.17 Å². The van der Waals surface area contributed by atoms with Crippen molar-refractivity contribution in [2.75, 3.05) is 6.26 Å². The van der Waals surface area contributed by atoms with Crippen molar-refractivity contribution in [1.82, 2.24) is 0 Å². The van der Waals surface area contributed by atoms with Crippen LogP contribution in [0.1, 0.15) is 5.56 Å². The van der Waals surface area contributed by atoms with Crippen LogP contribution >= 0.6 is 23.4 Å². The van der Waals surface area contributed by atoms with Crippen LogP contribution in [0.5, 0.6) is 0 Å². The van der Waals surface area contributed by atoms with Crippen LogP contribution in [0.3, 0.4) is 0 Å². The third kappa shape index (κ3) is 3.53. The van der Waals surface area contributed by atoms with Crippen LogP contribution in [-0.2, 0) is 0 Å². The summed E-state index contributed by atoms with van der Waals surface area (Å²) in [5.41, 5.74) is 5.59. The summed E-state index contributed by atoms with van der Waals surface area (Å²) >= 11 is 7.02. The standard InChI is InChI=1S/C9H9ClFN3S/c1-15-9(12)14-13-5-6-7(10)3-2-4-8(6)11/h2-5H,1H3,(H2,12,14)/b13-5+. The number of amidine groups is 1. The fraction of sp³-hybridized carbons (Fsp3) is 0.111. The van der Waals surface area contributed by atoms with Crippen molar-refractivity contribution in [3.05, 3.63) is 34.6 Å². The van der Waals surface area contributed by atoms with Crippen LogP contribution in [0, 0.1) is 5.82 Å². The summed E-state index contributed by atoms with van der Waals surface area (Å²) in [7, 11) is 0. The van der Waals surface area contributed by atoms with E-state index in [9.17, 15) is 4.39 Å². The monoisotopic (exact) mass is 245 g/mol. The number of hydrogen-bond acceptors (Lipinski definition) is 3. The quantitative estimate of drug-likeness (QED) is 0.494. The molecule has 0 saturated heterocycles. The summed E-state index contributed by atoms with van der Waals surface area (Å²) in [5, 5.41) is 7.84. The van der Waals surface area contributed by atoms with Gasteiger partial charge in [-0.05, 0) is 18.4 Å². The van der Waals surface area contributed by atoms with Gasteiger partial charge in [-0.15, -0.1) is 5.10 Å². The van der Waals surface area contributed by atoms with E-state index in [2.05, 4.69) is 10.2 Å². The molecular weight excluding hydrogens is 237 g/mol. The lowest BCUT2D eigenvalue weighted by Crippen LogP contribution is -2.04. The average Bonchev–Trinajstić information content (AvgIpc) is 2.22. The summed E-state index contributed by atoms with van der Waals surface area (Å²) in [5.74, 6) is -0.441. The first-order valence-electron chi connectivity index (χ1n) is 3.99. The molecule has 15 heavy (non-hydrogen) atoms. The molecule has 0 amide bonds. The van der Waals surface area contributed by atoms with Gasteiger partial charge in [-0.2, -0.15) is 5.10 Å². The van der Waals surface area contributed by atoms with Gasteiger partial charge < -0.3 is 5.73 Å². The highest BCUT2D eigenvalue weighted by Crippen LogP contribution is 2.16. The van der Waals surface area contributed by atoms with Gasteiger partial charge in [0.25, 0.3) is 0 Å². The maximum absolute atomic E-state index is 13.2. The average molecular weight is 246 g/mol. The molecular formula is C9H9ClFN3S. The number of benzene rings is 1. The number of nitrogens with zero attached hydrogens (tertiary/aromatic N) is 2. The number of nitrogens with two attached hydrogens (primary N) is 1.